The van der Waals surface area contributed by atoms with Crippen molar-refractivity contribution in [2.75, 3.05) is 26.4 Å². The van der Waals surface area contributed by atoms with Gasteiger partial charge in [-0.3, -0.25) is 0 Å². The van der Waals surface area contributed by atoms with Crippen molar-refractivity contribution in [2.45, 2.75) is 32.6 Å². The topological polar surface area (TPSA) is 63.9 Å². The molecule has 0 aliphatic rings. The summed E-state index contributed by atoms with van der Waals surface area (Å²) < 4.78 is 15.7. The molecule has 0 amide bonds. The Morgan fingerprint density at radius 1 is 1.39 bits per heavy atom. The Labute approximate surface area is 108 Å². The summed E-state index contributed by atoms with van der Waals surface area (Å²) in [6.07, 6.45) is 1.08. The molecule has 1 rings (SSSR count). The third kappa shape index (κ3) is 6.76. The minimum absolute atomic E-state index is 0.227. The highest BCUT2D eigenvalue weighted by atomic mass is 16.5. The number of furan rings is 1. The molecule has 1 heterocycles. The highest BCUT2D eigenvalue weighted by molar-refractivity contribution is 4.96. The first-order valence-corrected chi connectivity index (χ1v) is 6.31. The third-order valence-electron chi connectivity index (χ3n) is 2.41. The van der Waals surface area contributed by atoms with Crippen molar-refractivity contribution in [2.24, 2.45) is 0 Å². The van der Waals surface area contributed by atoms with E-state index >= 15 is 0 Å². The number of rotatable bonds is 10. The average Bonchev–Trinajstić information content (AvgIpc) is 2.87. The molecular weight excluding hydrogens is 234 g/mol. The Kier molecular flexibility index (Phi) is 7.68. The third-order valence-corrected chi connectivity index (χ3v) is 2.41. The van der Waals surface area contributed by atoms with Crippen molar-refractivity contribution >= 4 is 0 Å². The van der Waals surface area contributed by atoms with Crippen molar-refractivity contribution in [3.8, 4) is 0 Å². The molecular formula is C13H23NO4. The van der Waals surface area contributed by atoms with Crippen LogP contribution in [-0.4, -0.2) is 43.6 Å². The molecule has 5 heteroatoms. The van der Waals surface area contributed by atoms with Gasteiger partial charge in [0.25, 0.3) is 0 Å². The fourth-order valence-corrected chi connectivity index (χ4v) is 1.44. The van der Waals surface area contributed by atoms with E-state index < -0.39 is 6.10 Å². The standard InChI is InChI=1S/C13H23NO4/c1-3-16-8-11(2)14-7-12(15)9-17-10-13-5-4-6-18-13/h4-6,11-12,14-15H,3,7-10H2,1-2H3. The van der Waals surface area contributed by atoms with E-state index in [9.17, 15) is 5.11 Å². The van der Waals surface area contributed by atoms with E-state index in [-0.39, 0.29) is 12.6 Å². The molecule has 0 radical (unpaired) electrons. The molecule has 0 aromatic carbocycles. The van der Waals surface area contributed by atoms with Crippen LogP contribution in [0.15, 0.2) is 22.8 Å². The van der Waals surface area contributed by atoms with Crippen LogP contribution in [0.2, 0.25) is 0 Å². The Balaban J connectivity index is 2.01. The second-order valence-electron chi connectivity index (χ2n) is 4.22. The highest BCUT2D eigenvalue weighted by Gasteiger charge is 2.07. The van der Waals surface area contributed by atoms with Crippen molar-refractivity contribution in [3.63, 3.8) is 0 Å². The molecule has 18 heavy (non-hydrogen) atoms. The first-order chi connectivity index (χ1) is 8.72. The molecule has 0 bridgehead atoms. The van der Waals surface area contributed by atoms with Crippen LogP contribution in [0, 0.1) is 0 Å². The molecule has 2 N–H and O–H groups in total. The summed E-state index contributed by atoms with van der Waals surface area (Å²) in [4.78, 5) is 0. The van der Waals surface area contributed by atoms with Gasteiger partial charge in [-0.15, -0.1) is 0 Å². The summed E-state index contributed by atoms with van der Waals surface area (Å²) in [5, 5.41) is 12.9. The smallest absolute Gasteiger partial charge is 0.129 e. The Bertz CT molecular complexity index is 289. The van der Waals surface area contributed by atoms with E-state index in [4.69, 9.17) is 13.9 Å². The molecule has 0 aliphatic heterocycles. The Hall–Kier alpha value is -0.880. The maximum atomic E-state index is 9.69. The largest absolute Gasteiger partial charge is 0.467 e. The predicted octanol–water partition coefficient (Wildman–Crippen LogP) is 1.17. The second kappa shape index (κ2) is 9.10. The summed E-state index contributed by atoms with van der Waals surface area (Å²) >= 11 is 0. The van der Waals surface area contributed by atoms with Gasteiger partial charge in [0.15, 0.2) is 0 Å². The van der Waals surface area contributed by atoms with E-state index in [2.05, 4.69) is 5.32 Å². The van der Waals surface area contributed by atoms with Gasteiger partial charge in [-0.2, -0.15) is 0 Å². The molecule has 1 aromatic heterocycles. The number of aliphatic hydroxyl groups excluding tert-OH is 1. The quantitative estimate of drug-likeness (QED) is 0.659. The minimum atomic E-state index is -0.524. The normalized spacial score (nSPS) is 14.6. The highest BCUT2D eigenvalue weighted by Crippen LogP contribution is 2.01. The number of hydrogen-bond donors (Lipinski definition) is 2. The molecule has 1 aromatic rings. The second-order valence-corrected chi connectivity index (χ2v) is 4.22. The number of ether oxygens (including phenoxy) is 2. The van der Waals surface area contributed by atoms with Gasteiger partial charge in [0.05, 0.1) is 25.6 Å². The maximum absolute atomic E-state index is 9.69. The summed E-state index contributed by atoms with van der Waals surface area (Å²) in [7, 11) is 0. The first-order valence-electron chi connectivity index (χ1n) is 6.31. The van der Waals surface area contributed by atoms with Crippen molar-refractivity contribution in [1.29, 1.82) is 0 Å². The molecule has 0 fully saturated rings. The fourth-order valence-electron chi connectivity index (χ4n) is 1.44. The zero-order valence-corrected chi connectivity index (χ0v) is 11.1. The predicted molar refractivity (Wildman–Crippen MR) is 68.3 cm³/mol. The lowest BCUT2D eigenvalue weighted by Crippen LogP contribution is -2.38. The molecule has 5 nitrogen and oxygen atoms in total. The summed E-state index contributed by atoms with van der Waals surface area (Å²) in [6, 6.07) is 3.88. The van der Waals surface area contributed by atoms with Crippen LogP contribution in [0.1, 0.15) is 19.6 Å². The van der Waals surface area contributed by atoms with Crippen molar-refractivity contribution in [3.05, 3.63) is 24.2 Å². The van der Waals surface area contributed by atoms with E-state index in [1.807, 2.05) is 26.0 Å². The van der Waals surface area contributed by atoms with Gasteiger partial charge >= 0.3 is 0 Å². The van der Waals surface area contributed by atoms with Gasteiger partial charge in [-0.1, -0.05) is 0 Å². The zero-order valence-electron chi connectivity index (χ0n) is 11.1. The molecule has 104 valence electrons. The van der Waals surface area contributed by atoms with Crippen LogP contribution in [0.5, 0.6) is 0 Å². The van der Waals surface area contributed by atoms with Crippen LogP contribution >= 0.6 is 0 Å². The van der Waals surface area contributed by atoms with Gasteiger partial charge in [0, 0.05) is 19.2 Å². The summed E-state index contributed by atoms with van der Waals surface area (Å²) in [5.41, 5.74) is 0. The molecule has 0 spiro atoms. The van der Waals surface area contributed by atoms with Gasteiger partial charge in [-0.25, -0.2) is 0 Å². The summed E-state index contributed by atoms with van der Waals surface area (Å²) in [6.45, 7) is 6.51. The molecule has 0 saturated heterocycles. The van der Waals surface area contributed by atoms with Crippen LogP contribution in [-0.2, 0) is 16.1 Å². The summed E-state index contributed by atoms with van der Waals surface area (Å²) in [5.74, 6) is 0.764. The van der Waals surface area contributed by atoms with Crippen LogP contribution in [0.25, 0.3) is 0 Å². The number of nitrogens with one attached hydrogen (secondary N) is 1. The molecule has 0 saturated carbocycles. The van der Waals surface area contributed by atoms with E-state index in [0.717, 1.165) is 5.76 Å². The van der Waals surface area contributed by atoms with Crippen molar-refractivity contribution in [1.82, 2.24) is 5.32 Å². The average molecular weight is 257 g/mol. The molecule has 2 atom stereocenters. The van der Waals surface area contributed by atoms with E-state index in [1.54, 1.807) is 6.26 Å². The maximum Gasteiger partial charge on any atom is 0.129 e. The minimum Gasteiger partial charge on any atom is -0.467 e. The Morgan fingerprint density at radius 2 is 2.22 bits per heavy atom. The lowest BCUT2D eigenvalue weighted by molar-refractivity contribution is 0.0199. The monoisotopic (exact) mass is 257 g/mol. The number of aliphatic hydroxyl groups is 1. The van der Waals surface area contributed by atoms with Crippen LogP contribution in [0.3, 0.4) is 0 Å². The SMILES string of the molecule is CCOCC(C)NCC(O)COCc1ccco1. The fraction of sp³-hybridized carbons (Fsp3) is 0.692. The zero-order chi connectivity index (χ0) is 13.2. The number of hydrogen-bond acceptors (Lipinski definition) is 5. The molecule has 2 unspecified atom stereocenters. The van der Waals surface area contributed by atoms with E-state index in [0.29, 0.717) is 26.4 Å². The van der Waals surface area contributed by atoms with E-state index in [1.165, 1.54) is 0 Å². The Morgan fingerprint density at radius 3 is 2.89 bits per heavy atom. The molecule has 0 aliphatic carbocycles. The van der Waals surface area contributed by atoms with Crippen LogP contribution in [0.4, 0.5) is 0 Å². The van der Waals surface area contributed by atoms with Gasteiger partial charge < -0.3 is 24.3 Å². The van der Waals surface area contributed by atoms with Gasteiger partial charge in [-0.05, 0) is 26.0 Å². The first kappa shape index (κ1) is 15.2. The van der Waals surface area contributed by atoms with Crippen LogP contribution < -0.4 is 5.32 Å². The lowest BCUT2D eigenvalue weighted by atomic mass is 10.3. The van der Waals surface area contributed by atoms with Crippen molar-refractivity contribution < 1.29 is 19.0 Å². The van der Waals surface area contributed by atoms with Gasteiger partial charge in [0.1, 0.15) is 12.4 Å². The lowest BCUT2D eigenvalue weighted by Gasteiger charge is -2.16. The van der Waals surface area contributed by atoms with Gasteiger partial charge in [0.2, 0.25) is 0 Å².